The Morgan fingerprint density at radius 1 is 1.11 bits per heavy atom. The third-order valence-electron chi connectivity index (χ3n) is 10.2. The van der Waals surface area contributed by atoms with E-state index in [1.165, 1.54) is 12.2 Å². The molecule has 9 nitrogen and oxygen atoms in total. The highest BCUT2D eigenvalue weighted by atomic mass is 16.3. The fourth-order valence-electron chi connectivity index (χ4n) is 8.22. The van der Waals surface area contributed by atoms with Crippen molar-refractivity contribution < 1.29 is 34.5 Å². The Morgan fingerprint density at radius 2 is 1.87 bits per heavy atom. The van der Waals surface area contributed by atoms with Crippen LogP contribution in [-0.2, 0) is 19.2 Å². The van der Waals surface area contributed by atoms with Crippen molar-refractivity contribution in [3.05, 3.63) is 35.6 Å². The Kier molecular flexibility index (Phi) is 7.11. The molecule has 10 atom stereocenters. The summed E-state index contributed by atoms with van der Waals surface area (Å²) in [4.78, 5) is 51.3. The predicted octanol–water partition coefficient (Wildman–Crippen LogP) is 1.50. The molecule has 2 heterocycles. The Balaban J connectivity index is 1.50. The summed E-state index contributed by atoms with van der Waals surface area (Å²) in [6, 6.07) is -1.20. The normalized spacial score (nSPS) is 45.2. The molecule has 2 bridgehead atoms. The van der Waals surface area contributed by atoms with Crippen LogP contribution in [-0.4, -0.2) is 63.0 Å². The van der Waals surface area contributed by atoms with E-state index in [9.17, 15) is 34.5 Å². The van der Waals surface area contributed by atoms with E-state index in [-0.39, 0.29) is 60.7 Å². The quantitative estimate of drug-likeness (QED) is 0.325. The highest BCUT2D eigenvalue weighted by Gasteiger charge is 2.66. The van der Waals surface area contributed by atoms with Gasteiger partial charge in [0.05, 0.1) is 17.6 Å². The van der Waals surface area contributed by atoms with Gasteiger partial charge in [-0.1, -0.05) is 32.4 Å². The van der Waals surface area contributed by atoms with Crippen molar-refractivity contribution in [3.63, 3.8) is 0 Å². The lowest BCUT2D eigenvalue weighted by atomic mass is 9.61. The molecule has 2 aliphatic heterocycles. The highest BCUT2D eigenvalue weighted by molar-refractivity contribution is 6.27. The maximum Gasteiger partial charge on any atom is 0.259 e. The van der Waals surface area contributed by atoms with Crippen LogP contribution in [0.1, 0.15) is 52.4 Å². The molecule has 2 amide bonds. The third kappa shape index (κ3) is 4.24. The Bertz CT molecular complexity index is 1130. The van der Waals surface area contributed by atoms with Gasteiger partial charge in [0.25, 0.3) is 5.91 Å². The largest absolute Gasteiger partial charge is 0.507 e. The number of carbonyl (C=O) groups is 4. The average Bonchev–Trinajstić information content (AvgIpc) is 3.43. The summed E-state index contributed by atoms with van der Waals surface area (Å²) < 4.78 is 0. The van der Waals surface area contributed by atoms with E-state index in [1.54, 1.807) is 12.2 Å². The van der Waals surface area contributed by atoms with Gasteiger partial charge in [-0.3, -0.25) is 19.2 Å². The first-order chi connectivity index (χ1) is 18.1. The first-order valence-electron chi connectivity index (χ1n) is 13.9. The maximum absolute atomic E-state index is 13.6. The zero-order valence-electron chi connectivity index (χ0n) is 21.9. The molecule has 0 radical (unpaired) electrons. The first kappa shape index (κ1) is 26.8. The van der Waals surface area contributed by atoms with E-state index in [0.29, 0.717) is 12.3 Å². The Morgan fingerprint density at radius 3 is 2.61 bits per heavy atom. The van der Waals surface area contributed by atoms with Crippen LogP contribution >= 0.6 is 0 Å². The molecule has 0 aromatic rings. The molecule has 38 heavy (non-hydrogen) atoms. The van der Waals surface area contributed by atoms with Crippen molar-refractivity contribution in [1.29, 1.82) is 0 Å². The smallest absolute Gasteiger partial charge is 0.259 e. The SMILES string of the molecule is CCC1C[C@H]2C[C@H]3[C@@H]4C/C=C\C(=O)NCC[C@H](O)[C@@H]5NC(=O)C(=C(O)/C=C/[C@H]4CC(=O)[C@@H]3[C@@]2(O)[C@@H]1C)C5=O. The minimum atomic E-state index is -1.22. The summed E-state index contributed by atoms with van der Waals surface area (Å²) in [6.45, 7) is 4.30. The summed E-state index contributed by atoms with van der Waals surface area (Å²) in [5.41, 5.74) is -1.44. The van der Waals surface area contributed by atoms with E-state index in [4.69, 9.17) is 0 Å². The van der Waals surface area contributed by atoms with E-state index in [0.717, 1.165) is 19.3 Å². The predicted molar refractivity (Wildman–Crippen MR) is 137 cm³/mol. The van der Waals surface area contributed by atoms with Gasteiger partial charge in [-0.25, -0.2) is 0 Å². The number of carbonyl (C=O) groups excluding carboxylic acids is 4. The molecule has 0 aromatic heterocycles. The third-order valence-corrected chi connectivity index (χ3v) is 10.2. The monoisotopic (exact) mass is 526 g/mol. The van der Waals surface area contributed by atoms with Crippen molar-refractivity contribution in [2.75, 3.05) is 6.54 Å². The number of fused-ring (bicyclic) bond motifs is 7. The number of hydrogen-bond acceptors (Lipinski definition) is 7. The molecule has 9 heteroatoms. The van der Waals surface area contributed by atoms with Crippen molar-refractivity contribution >= 4 is 23.4 Å². The van der Waals surface area contributed by atoms with E-state index in [2.05, 4.69) is 24.5 Å². The number of ketones is 2. The molecule has 3 aliphatic carbocycles. The summed E-state index contributed by atoms with van der Waals surface area (Å²) in [7, 11) is 0. The first-order valence-corrected chi connectivity index (χ1v) is 13.9. The zero-order valence-corrected chi connectivity index (χ0v) is 21.9. The number of Topliss-reactive ketones (excluding diaryl/α,β-unsaturated/α-hetero) is 2. The van der Waals surface area contributed by atoms with Crippen LogP contribution in [0.4, 0.5) is 0 Å². The topological polar surface area (TPSA) is 153 Å². The number of rotatable bonds is 1. The van der Waals surface area contributed by atoms with E-state index in [1.807, 2.05) is 0 Å². The minimum absolute atomic E-state index is 0.00986. The fraction of sp³-hybridized carbons (Fsp3) is 0.655. The summed E-state index contributed by atoms with van der Waals surface area (Å²) in [6.07, 6.45) is 8.34. The summed E-state index contributed by atoms with van der Waals surface area (Å²) in [5.74, 6) is -2.71. The molecule has 1 unspecified atom stereocenters. The van der Waals surface area contributed by atoms with E-state index >= 15 is 0 Å². The number of amides is 2. The number of hydrogen-bond donors (Lipinski definition) is 5. The number of aliphatic hydroxyl groups excluding tert-OH is 2. The average molecular weight is 527 g/mol. The summed E-state index contributed by atoms with van der Waals surface area (Å²) >= 11 is 0. The van der Waals surface area contributed by atoms with Crippen molar-refractivity contribution in [3.8, 4) is 0 Å². The van der Waals surface area contributed by atoms with Crippen LogP contribution in [0, 0.1) is 41.4 Å². The van der Waals surface area contributed by atoms with Gasteiger partial charge in [0.1, 0.15) is 23.2 Å². The van der Waals surface area contributed by atoms with Crippen molar-refractivity contribution in [1.82, 2.24) is 10.6 Å². The van der Waals surface area contributed by atoms with Crippen molar-refractivity contribution in [2.45, 2.75) is 70.1 Å². The molecule has 5 N–H and O–H groups in total. The van der Waals surface area contributed by atoms with Gasteiger partial charge in [-0.2, -0.15) is 0 Å². The van der Waals surface area contributed by atoms with Gasteiger partial charge in [-0.05, 0) is 73.3 Å². The van der Waals surface area contributed by atoms with Gasteiger partial charge in [0.15, 0.2) is 5.78 Å². The van der Waals surface area contributed by atoms with Gasteiger partial charge >= 0.3 is 0 Å². The molecule has 5 aliphatic rings. The highest BCUT2D eigenvalue weighted by Crippen LogP contribution is 2.63. The fourth-order valence-corrected chi connectivity index (χ4v) is 8.22. The van der Waals surface area contributed by atoms with Crippen LogP contribution in [0.3, 0.4) is 0 Å². The standard InChI is InChI=1S/C29H38N2O7/c1-3-15-11-17-13-19-18-5-4-6-23(35)30-10-9-21(33)26-27(36)24(28(37)31-26)20(32)8-7-16(18)12-22(34)25(19)29(17,38)14(15)2/h4,6-8,14-19,21,25-26,32-33,38H,3,5,9-13H2,1-2H3,(H,30,35)(H,31,37)/b6-4-,8-7+,24-20?/t14-,15?,16+,17+,18-,19+,21+,25-,26+,29-/m1/s1. The van der Waals surface area contributed by atoms with Crippen LogP contribution in [0.15, 0.2) is 35.6 Å². The number of aliphatic hydroxyl groups is 3. The molecule has 3 saturated carbocycles. The van der Waals surface area contributed by atoms with Crippen LogP contribution in [0.2, 0.25) is 0 Å². The summed E-state index contributed by atoms with van der Waals surface area (Å²) in [5, 5.41) is 38.2. The molecule has 206 valence electrons. The van der Waals surface area contributed by atoms with Gasteiger partial charge in [0, 0.05) is 13.0 Å². The van der Waals surface area contributed by atoms with Gasteiger partial charge in [-0.15, -0.1) is 0 Å². The molecular formula is C29H38N2O7. The molecule has 0 aromatic carbocycles. The molecule has 4 fully saturated rings. The van der Waals surface area contributed by atoms with E-state index < -0.39 is 46.7 Å². The van der Waals surface area contributed by atoms with Gasteiger partial charge in [0.2, 0.25) is 5.91 Å². The van der Waals surface area contributed by atoms with Gasteiger partial charge < -0.3 is 26.0 Å². The molecule has 0 spiro atoms. The molecule has 5 rings (SSSR count). The lowest BCUT2D eigenvalue weighted by Gasteiger charge is -2.44. The zero-order chi connectivity index (χ0) is 27.4. The van der Waals surface area contributed by atoms with Crippen molar-refractivity contribution in [2.24, 2.45) is 41.4 Å². The second kappa shape index (κ2) is 10.1. The van der Waals surface area contributed by atoms with Crippen LogP contribution < -0.4 is 10.6 Å². The lowest BCUT2D eigenvalue weighted by molar-refractivity contribution is -0.145. The van der Waals surface area contributed by atoms with Crippen LogP contribution in [0.5, 0.6) is 0 Å². The second-order valence-electron chi connectivity index (χ2n) is 11.9. The Hall–Kier alpha value is -2.78. The minimum Gasteiger partial charge on any atom is -0.507 e. The number of allylic oxidation sites excluding steroid dienone is 3. The lowest BCUT2D eigenvalue weighted by Crippen LogP contribution is -2.51. The van der Waals surface area contributed by atoms with Crippen LogP contribution in [0.25, 0.3) is 0 Å². The number of nitrogens with one attached hydrogen (secondary N) is 2. The second-order valence-corrected chi connectivity index (χ2v) is 11.9. The maximum atomic E-state index is 13.6. The molecule has 1 saturated heterocycles. The molecular weight excluding hydrogens is 488 g/mol. The Labute approximate surface area is 222 Å².